The first-order valence-electron chi connectivity index (χ1n) is 10.4. The fraction of sp³-hybridized carbons (Fsp3) is 0.571. The predicted molar refractivity (Wildman–Crippen MR) is 113 cm³/mol. The maximum absolute atomic E-state index is 5.32. The molecule has 0 spiro atoms. The average molecular weight is 401 g/mol. The second-order valence-corrected chi connectivity index (χ2v) is 7.19. The van der Waals surface area contributed by atoms with E-state index in [0.717, 1.165) is 37.9 Å². The third kappa shape index (κ3) is 6.19. The number of benzene rings is 1. The fourth-order valence-electron chi connectivity index (χ4n) is 3.60. The number of guanidine groups is 1. The highest BCUT2D eigenvalue weighted by molar-refractivity contribution is 5.79. The Morgan fingerprint density at radius 3 is 2.59 bits per heavy atom. The van der Waals surface area contributed by atoms with Crippen LogP contribution in [0.5, 0.6) is 5.75 Å². The van der Waals surface area contributed by atoms with Gasteiger partial charge in [-0.1, -0.05) is 23.7 Å². The lowest BCUT2D eigenvalue weighted by atomic mass is 10.0. The van der Waals surface area contributed by atoms with Gasteiger partial charge in [0.05, 0.1) is 13.2 Å². The van der Waals surface area contributed by atoms with Gasteiger partial charge >= 0.3 is 0 Å². The molecule has 0 bridgehead atoms. The number of methoxy groups -OCH3 is 1. The van der Waals surface area contributed by atoms with Gasteiger partial charge in [0.15, 0.2) is 11.8 Å². The number of nitrogens with zero attached hydrogens (tertiary/aromatic N) is 4. The van der Waals surface area contributed by atoms with Gasteiger partial charge in [-0.25, -0.2) is 4.99 Å². The molecule has 1 aliphatic rings. The summed E-state index contributed by atoms with van der Waals surface area (Å²) in [5.74, 6) is 2.77. The molecular weight excluding hydrogens is 368 g/mol. The van der Waals surface area contributed by atoms with Crippen molar-refractivity contribution in [2.24, 2.45) is 4.99 Å². The van der Waals surface area contributed by atoms with E-state index in [4.69, 9.17) is 9.26 Å². The van der Waals surface area contributed by atoms with E-state index in [1.165, 1.54) is 24.8 Å². The van der Waals surface area contributed by atoms with Crippen molar-refractivity contribution in [2.75, 3.05) is 33.3 Å². The third-order valence-corrected chi connectivity index (χ3v) is 5.09. The Balaban J connectivity index is 1.70. The van der Waals surface area contributed by atoms with Gasteiger partial charge in [-0.3, -0.25) is 4.90 Å². The van der Waals surface area contributed by atoms with Crippen LogP contribution in [0.1, 0.15) is 49.5 Å². The Morgan fingerprint density at radius 2 is 1.97 bits per heavy atom. The van der Waals surface area contributed by atoms with Crippen molar-refractivity contribution in [3.63, 3.8) is 0 Å². The Labute approximate surface area is 172 Å². The molecule has 1 aromatic carbocycles. The van der Waals surface area contributed by atoms with Crippen molar-refractivity contribution in [3.05, 3.63) is 41.5 Å². The van der Waals surface area contributed by atoms with Crippen molar-refractivity contribution in [1.29, 1.82) is 0 Å². The molecule has 1 unspecified atom stereocenters. The molecule has 158 valence electrons. The summed E-state index contributed by atoms with van der Waals surface area (Å²) in [5, 5.41) is 10.7. The quantitative estimate of drug-likeness (QED) is 0.520. The van der Waals surface area contributed by atoms with Crippen LogP contribution < -0.4 is 15.4 Å². The number of aromatic nitrogens is 2. The van der Waals surface area contributed by atoms with Gasteiger partial charge in [-0.15, -0.1) is 0 Å². The highest BCUT2D eigenvalue weighted by atomic mass is 16.5. The molecular formula is C21H32N6O2. The van der Waals surface area contributed by atoms with Gasteiger partial charge < -0.3 is 19.9 Å². The summed E-state index contributed by atoms with van der Waals surface area (Å²) >= 11 is 0. The standard InChI is InChI=1S/C21H32N6O2/c1-4-22-21(24-15-20-25-16(2)29-26-20)23-14-19(27-12-6-5-7-13-27)17-8-10-18(28-3)11-9-17/h8-11,19H,4-7,12-15H2,1-3H3,(H2,22,23,24). The van der Waals surface area contributed by atoms with Crippen molar-refractivity contribution >= 4 is 5.96 Å². The summed E-state index contributed by atoms with van der Waals surface area (Å²) in [6, 6.07) is 8.66. The molecule has 2 aromatic rings. The number of ether oxygens (including phenoxy) is 1. The summed E-state index contributed by atoms with van der Waals surface area (Å²) < 4.78 is 10.3. The highest BCUT2D eigenvalue weighted by Gasteiger charge is 2.22. The minimum Gasteiger partial charge on any atom is -0.497 e. The largest absolute Gasteiger partial charge is 0.497 e. The number of hydrogen-bond acceptors (Lipinski definition) is 6. The molecule has 1 aromatic heterocycles. The number of likely N-dealkylation sites (tertiary alicyclic amines) is 1. The lowest BCUT2D eigenvalue weighted by molar-refractivity contribution is 0.164. The SMILES string of the molecule is CCNC(=NCc1noc(C)n1)NCC(c1ccc(OC)cc1)N1CCCCC1. The Kier molecular flexibility index (Phi) is 7.86. The molecule has 1 saturated heterocycles. The highest BCUT2D eigenvalue weighted by Crippen LogP contribution is 2.25. The van der Waals surface area contributed by atoms with Crippen LogP contribution in [0, 0.1) is 6.92 Å². The first-order chi connectivity index (χ1) is 14.2. The van der Waals surface area contributed by atoms with Gasteiger partial charge in [-0.2, -0.15) is 4.98 Å². The van der Waals surface area contributed by atoms with Gasteiger partial charge in [-0.05, 0) is 50.6 Å². The zero-order chi connectivity index (χ0) is 20.5. The van der Waals surface area contributed by atoms with Crippen LogP contribution in [0.2, 0.25) is 0 Å². The number of nitrogens with one attached hydrogen (secondary N) is 2. The Morgan fingerprint density at radius 1 is 1.21 bits per heavy atom. The van der Waals surface area contributed by atoms with Crippen molar-refractivity contribution < 1.29 is 9.26 Å². The molecule has 0 radical (unpaired) electrons. The molecule has 29 heavy (non-hydrogen) atoms. The smallest absolute Gasteiger partial charge is 0.223 e. The van der Waals surface area contributed by atoms with Crippen LogP contribution in [-0.4, -0.2) is 54.3 Å². The monoisotopic (exact) mass is 400 g/mol. The minimum atomic E-state index is 0.275. The third-order valence-electron chi connectivity index (χ3n) is 5.09. The molecule has 0 aliphatic carbocycles. The van der Waals surface area contributed by atoms with Crippen LogP contribution in [0.3, 0.4) is 0 Å². The second-order valence-electron chi connectivity index (χ2n) is 7.19. The van der Waals surface area contributed by atoms with Crippen molar-refractivity contribution in [3.8, 4) is 5.75 Å². The lowest BCUT2D eigenvalue weighted by Crippen LogP contribution is -2.44. The number of aryl methyl sites for hydroxylation is 1. The minimum absolute atomic E-state index is 0.275. The summed E-state index contributed by atoms with van der Waals surface area (Å²) in [4.78, 5) is 11.4. The Hall–Kier alpha value is -2.61. The predicted octanol–water partition coefficient (Wildman–Crippen LogP) is 2.67. The molecule has 0 amide bonds. The number of piperidine rings is 1. The Bertz CT molecular complexity index is 768. The van der Waals surface area contributed by atoms with E-state index in [9.17, 15) is 0 Å². The van der Waals surface area contributed by atoms with Crippen LogP contribution in [0.4, 0.5) is 0 Å². The molecule has 1 aliphatic heterocycles. The molecule has 8 heteroatoms. The molecule has 2 heterocycles. The lowest BCUT2D eigenvalue weighted by Gasteiger charge is -2.35. The first kappa shape index (κ1) is 21.1. The number of aliphatic imine (C=N–C) groups is 1. The zero-order valence-corrected chi connectivity index (χ0v) is 17.6. The maximum Gasteiger partial charge on any atom is 0.223 e. The van der Waals surface area contributed by atoms with Gasteiger partial charge in [0, 0.05) is 20.0 Å². The summed E-state index contributed by atoms with van der Waals surface area (Å²) in [6.45, 7) is 8.01. The van der Waals surface area contributed by atoms with E-state index >= 15 is 0 Å². The maximum atomic E-state index is 5.32. The summed E-state index contributed by atoms with van der Waals surface area (Å²) in [5.41, 5.74) is 1.28. The summed E-state index contributed by atoms with van der Waals surface area (Å²) in [6.07, 6.45) is 3.81. The summed E-state index contributed by atoms with van der Waals surface area (Å²) in [7, 11) is 1.70. The van der Waals surface area contributed by atoms with Crippen molar-refractivity contribution in [1.82, 2.24) is 25.7 Å². The molecule has 2 N–H and O–H groups in total. The number of hydrogen-bond donors (Lipinski definition) is 2. The van der Waals surface area contributed by atoms with Gasteiger partial charge in [0.2, 0.25) is 5.89 Å². The second kappa shape index (κ2) is 10.8. The molecule has 1 fully saturated rings. The topological polar surface area (TPSA) is 87.8 Å². The normalized spacial score (nSPS) is 16.4. The van der Waals surface area contributed by atoms with Crippen LogP contribution in [-0.2, 0) is 6.54 Å². The van der Waals surface area contributed by atoms with E-state index in [2.05, 4.69) is 49.7 Å². The molecule has 0 saturated carbocycles. The zero-order valence-electron chi connectivity index (χ0n) is 17.6. The van der Waals surface area contributed by atoms with E-state index < -0.39 is 0 Å². The van der Waals surface area contributed by atoms with Gasteiger partial charge in [0.25, 0.3) is 0 Å². The molecule has 3 rings (SSSR count). The van der Waals surface area contributed by atoms with Crippen molar-refractivity contribution in [2.45, 2.75) is 45.7 Å². The molecule has 1 atom stereocenters. The molecule has 8 nitrogen and oxygen atoms in total. The average Bonchev–Trinajstić information content (AvgIpc) is 3.18. The van der Waals surface area contributed by atoms with E-state index in [1.807, 2.05) is 12.1 Å². The fourth-order valence-corrected chi connectivity index (χ4v) is 3.60. The van der Waals surface area contributed by atoms with E-state index in [0.29, 0.717) is 18.3 Å². The van der Waals surface area contributed by atoms with Crippen LogP contribution in [0.15, 0.2) is 33.8 Å². The van der Waals surface area contributed by atoms with Crippen LogP contribution >= 0.6 is 0 Å². The first-order valence-corrected chi connectivity index (χ1v) is 10.4. The van der Waals surface area contributed by atoms with E-state index in [1.54, 1.807) is 14.0 Å². The van der Waals surface area contributed by atoms with Gasteiger partial charge in [0.1, 0.15) is 12.3 Å². The van der Waals surface area contributed by atoms with E-state index in [-0.39, 0.29) is 6.04 Å². The van der Waals surface area contributed by atoms with Crippen LogP contribution in [0.25, 0.3) is 0 Å². The number of rotatable bonds is 8.